The van der Waals surface area contributed by atoms with Crippen LogP contribution in [0, 0.1) is 5.92 Å². The van der Waals surface area contributed by atoms with Gasteiger partial charge in [0, 0.05) is 31.4 Å². The summed E-state index contributed by atoms with van der Waals surface area (Å²) < 4.78 is 12.2. The van der Waals surface area contributed by atoms with Gasteiger partial charge in [-0.25, -0.2) is 4.68 Å². The topological polar surface area (TPSA) is 103 Å². The molecule has 1 atom stereocenters. The summed E-state index contributed by atoms with van der Waals surface area (Å²) in [5, 5.41) is 7.15. The highest BCUT2D eigenvalue weighted by Gasteiger charge is 2.29. The van der Waals surface area contributed by atoms with Crippen LogP contribution in [-0.4, -0.2) is 46.3 Å². The molecule has 2 heterocycles. The Morgan fingerprint density at radius 2 is 1.86 bits per heavy atom. The predicted molar refractivity (Wildman–Crippen MR) is 131 cm³/mol. The van der Waals surface area contributed by atoms with Crippen molar-refractivity contribution in [2.24, 2.45) is 13.0 Å². The number of likely N-dealkylation sites (tertiary alicyclic amines) is 1. The molecule has 2 aromatic carbocycles. The molecule has 35 heavy (non-hydrogen) atoms. The average Bonchev–Trinajstić information content (AvgIpc) is 2.89. The van der Waals surface area contributed by atoms with Crippen molar-refractivity contribution < 1.29 is 19.1 Å². The van der Waals surface area contributed by atoms with Crippen LogP contribution in [0.15, 0.2) is 65.6 Å². The number of benzene rings is 2. The molecule has 0 spiro atoms. The molecule has 3 aromatic rings. The Morgan fingerprint density at radius 3 is 2.57 bits per heavy atom. The van der Waals surface area contributed by atoms with E-state index in [-0.39, 0.29) is 34.8 Å². The standard InChI is InChI=1S/C26H28N4O5/c1-3-34-26(33)19-8-7-15-30(17-19)24(31)18-11-13-20(14-12-18)28-23-22(16-27-29(2)25(23)32)35-21-9-5-4-6-10-21/h4-6,9-14,16,19,28H,3,7-8,15,17H2,1-2H3/t19-/m1/s1. The van der Waals surface area contributed by atoms with Crippen molar-refractivity contribution in [2.45, 2.75) is 19.8 Å². The van der Waals surface area contributed by atoms with Gasteiger partial charge in [-0.1, -0.05) is 18.2 Å². The van der Waals surface area contributed by atoms with E-state index in [4.69, 9.17) is 9.47 Å². The quantitative estimate of drug-likeness (QED) is 0.518. The molecule has 182 valence electrons. The Balaban J connectivity index is 1.49. The van der Waals surface area contributed by atoms with Crippen molar-refractivity contribution in [3.8, 4) is 11.5 Å². The first kappa shape index (κ1) is 24.0. The number of aryl methyl sites for hydroxylation is 1. The lowest BCUT2D eigenvalue weighted by atomic mass is 9.97. The Morgan fingerprint density at radius 1 is 1.11 bits per heavy atom. The van der Waals surface area contributed by atoms with Crippen LogP contribution in [-0.2, 0) is 16.6 Å². The van der Waals surface area contributed by atoms with Crippen LogP contribution in [0.1, 0.15) is 30.1 Å². The molecule has 1 fully saturated rings. The lowest BCUT2D eigenvalue weighted by Crippen LogP contribution is -2.42. The van der Waals surface area contributed by atoms with E-state index < -0.39 is 0 Å². The molecular formula is C26H28N4O5. The van der Waals surface area contributed by atoms with Crippen molar-refractivity contribution in [1.82, 2.24) is 14.7 Å². The minimum atomic E-state index is -0.350. The summed E-state index contributed by atoms with van der Waals surface area (Å²) in [5.41, 5.74) is 1.00. The molecule has 1 amide bonds. The molecule has 9 heteroatoms. The van der Waals surface area contributed by atoms with Gasteiger partial charge in [-0.15, -0.1) is 0 Å². The third-order valence-electron chi connectivity index (χ3n) is 5.80. The molecule has 1 aromatic heterocycles. The number of rotatable bonds is 7. The largest absolute Gasteiger partial charge is 0.466 e. The number of piperidine rings is 1. The first-order valence-electron chi connectivity index (χ1n) is 11.6. The SMILES string of the molecule is CCOC(=O)[C@@H]1CCCN(C(=O)c2ccc(Nc3c(Oc4ccccc4)cnn(C)c3=O)cc2)C1. The summed E-state index contributed by atoms with van der Waals surface area (Å²) >= 11 is 0. The van der Waals surface area contributed by atoms with E-state index in [1.807, 2.05) is 18.2 Å². The fraction of sp³-hybridized carbons (Fsp3) is 0.308. The van der Waals surface area contributed by atoms with Crippen LogP contribution in [0.5, 0.6) is 11.5 Å². The number of nitrogens with zero attached hydrogens (tertiary/aromatic N) is 3. The third-order valence-corrected chi connectivity index (χ3v) is 5.80. The molecule has 0 aliphatic carbocycles. The molecule has 1 aliphatic heterocycles. The Bertz CT molecular complexity index is 1240. The second-order valence-corrected chi connectivity index (χ2v) is 8.27. The number of carbonyl (C=O) groups excluding carboxylic acids is 2. The summed E-state index contributed by atoms with van der Waals surface area (Å²) in [6.45, 7) is 3.06. The number of esters is 1. The first-order chi connectivity index (χ1) is 17.0. The second-order valence-electron chi connectivity index (χ2n) is 8.27. The fourth-order valence-corrected chi connectivity index (χ4v) is 3.97. The van der Waals surface area contributed by atoms with Gasteiger partial charge in [0.05, 0.1) is 18.7 Å². The average molecular weight is 477 g/mol. The van der Waals surface area contributed by atoms with E-state index >= 15 is 0 Å². The van der Waals surface area contributed by atoms with Crippen molar-refractivity contribution in [3.05, 3.63) is 76.7 Å². The lowest BCUT2D eigenvalue weighted by Gasteiger charge is -2.31. The molecule has 1 N–H and O–H groups in total. The number of para-hydroxylation sites is 1. The van der Waals surface area contributed by atoms with Crippen LogP contribution < -0.4 is 15.6 Å². The van der Waals surface area contributed by atoms with Gasteiger partial charge in [0.25, 0.3) is 11.5 Å². The van der Waals surface area contributed by atoms with E-state index in [2.05, 4.69) is 10.4 Å². The summed E-state index contributed by atoms with van der Waals surface area (Å²) in [4.78, 5) is 39.6. The molecule has 4 rings (SSSR count). The molecule has 0 bridgehead atoms. The Labute approximate surface area is 203 Å². The molecule has 1 aliphatic rings. The van der Waals surface area contributed by atoms with Crippen LogP contribution in [0.25, 0.3) is 0 Å². The zero-order valence-corrected chi connectivity index (χ0v) is 19.8. The van der Waals surface area contributed by atoms with E-state index in [0.29, 0.717) is 36.7 Å². The number of nitrogens with one attached hydrogen (secondary N) is 1. The predicted octanol–water partition coefficient (Wildman–Crippen LogP) is 3.73. The Kier molecular flexibility index (Phi) is 7.45. The summed E-state index contributed by atoms with van der Waals surface area (Å²) in [6.07, 6.45) is 2.95. The lowest BCUT2D eigenvalue weighted by molar-refractivity contribution is -0.149. The highest BCUT2D eigenvalue weighted by atomic mass is 16.5. The maximum Gasteiger partial charge on any atom is 0.310 e. The zero-order valence-electron chi connectivity index (χ0n) is 19.8. The van der Waals surface area contributed by atoms with Crippen molar-refractivity contribution >= 4 is 23.3 Å². The molecule has 1 saturated heterocycles. The van der Waals surface area contributed by atoms with Crippen LogP contribution in [0.2, 0.25) is 0 Å². The molecule has 0 unspecified atom stereocenters. The summed E-state index contributed by atoms with van der Waals surface area (Å²) in [7, 11) is 1.56. The summed E-state index contributed by atoms with van der Waals surface area (Å²) in [6, 6.07) is 16.0. The maximum absolute atomic E-state index is 13.0. The number of hydrogen-bond donors (Lipinski definition) is 1. The van der Waals surface area contributed by atoms with Gasteiger partial charge < -0.3 is 19.7 Å². The fourth-order valence-electron chi connectivity index (χ4n) is 3.97. The minimum Gasteiger partial charge on any atom is -0.466 e. The zero-order chi connectivity index (χ0) is 24.8. The van der Waals surface area contributed by atoms with E-state index in [0.717, 1.165) is 12.8 Å². The highest BCUT2D eigenvalue weighted by molar-refractivity contribution is 5.95. The van der Waals surface area contributed by atoms with Crippen LogP contribution in [0.4, 0.5) is 11.4 Å². The summed E-state index contributed by atoms with van der Waals surface area (Å²) in [5.74, 6) is 0.182. The molecule has 0 radical (unpaired) electrons. The highest BCUT2D eigenvalue weighted by Crippen LogP contribution is 2.28. The van der Waals surface area contributed by atoms with Gasteiger partial charge >= 0.3 is 5.97 Å². The second kappa shape index (κ2) is 10.9. The van der Waals surface area contributed by atoms with Crippen molar-refractivity contribution in [2.75, 3.05) is 25.0 Å². The number of amides is 1. The minimum absolute atomic E-state index is 0.140. The van der Waals surface area contributed by atoms with E-state index in [1.54, 1.807) is 55.3 Å². The van der Waals surface area contributed by atoms with Gasteiger partial charge in [-0.2, -0.15) is 5.10 Å². The molecular weight excluding hydrogens is 448 g/mol. The monoisotopic (exact) mass is 476 g/mol. The normalized spacial score (nSPS) is 15.4. The van der Waals surface area contributed by atoms with E-state index in [1.165, 1.54) is 10.9 Å². The van der Waals surface area contributed by atoms with Gasteiger partial charge in [0.2, 0.25) is 0 Å². The number of carbonyl (C=O) groups is 2. The smallest absolute Gasteiger partial charge is 0.310 e. The van der Waals surface area contributed by atoms with Crippen molar-refractivity contribution in [3.63, 3.8) is 0 Å². The van der Waals surface area contributed by atoms with Gasteiger partial charge in [0.15, 0.2) is 11.4 Å². The molecule has 9 nitrogen and oxygen atoms in total. The Hall–Kier alpha value is -4.14. The van der Waals surface area contributed by atoms with Crippen LogP contribution in [0.3, 0.4) is 0 Å². The third kappa shape index (κ3) is 5.68. The van der Waals surface area contributed by atoms with Gasteiger partial charge in [0.1, 0.15) is 5.75 Å². The van der Waals surface area contributed by atoms with Crippen molar-refractivity contribution in [1.29, 1.82) is 0 Å². The number of aromatic nitrogens is 2. The van der Waals surface area contributed by atoms with Crippen LogP contribution >= 0.6 is 0 Å². The van der Waals surface area contributed by atoms with Gasteiger partial charge in [-0.3, -0.25) is 14.4 Å². The van der Waals surface area contributed by atoms with Gasteiger partial charge in [-0.05, 0) is 56.2 Å². The number of ether oxygens (including phenoxy) is 2. The molecule has 0 saturated carbocycles. The number of hydrogen-bond acceptors (Lipinski definition) is 7. The first-order valence-corrected chi connectivity index (χ1v) is 11.6. The number of anilines is 2. The maximum atomic E-state index is 13.0. The van der Waals surface area contributed by atoms with E-state index in [9.17, 15) is 14.4 Å².